The number of likely N-dealkylation sites (tertiary alicyclic amines) is 1. The number of carboxylic acids is 1. The van der Waals surface area contributed by atoms with E-state index in [1.54, 1.807) is 0 Å². The van der Waals surface area contributed by atoms with E-state index in [2.05, 4.69) is 0 Å². The smallest absolute Gasteiger partial charge is 0.320 e. The predicted molar refractivity (Wildman–Crippen MR) is 56.6 cm³/mol. The number of piperidine rings is 1. The Morgan fingerprint density at radius 3 is 2.86 bits per heavy atom. The van der Waals surface area contributed by atoms with Gasteiger partial charge in [-0.05, 0) is 19.4 Å². The van der Waals surface area contributed by atoms with E-state index in [0.29, 0.717) is 18.0 Å². The second-order valence-electron chi connectivity index (χ2n) is 3.38. The van der Waals surface area contributed by atoms with Crippen LogP contribution in [0.15, 0.2) is 10.6 Å². The first-order valence-corrected chi connectivity index (χ1v) is 5.38. The van der Waals surface area contributed by atoms with Crippen LogP contribution in [0.2, 0.25) is 0 Å². The monoisotopic (exact) mass is 237 g/mol. The summed E-state index contributed by atoms with van der Waals surface area (Å²) in [5.74, 6) is -0.774. The predicted octanol–water partition coefficient (Wildman–Crippen LogP) is 2.24. The van der Waals surface area contributed by atoms with Crippen molar-refractivity contribution in [2.45, 2.75) is 25.3 Å². The molecule has 1 N–H and O–H groups in total. The van der Waals surface area contributed by atoms with Crippen molar-refractivity contribution in [2.24, 2.45) is 0 Å². The van der Waals surface area contributed by atoms with Gasteiger partial charge in [-0.2, -0.15) is 0 Å². The maximum atomic E-state index is 10.9. The lowest BCUT2D eigenvalue weighted by molar-refractivity contribution is -0.144. The largest absolute Gasteiger partial charge is 0.480 e. The summed E-state index contributed by atoms with van der Waals surface area (Å²) in [6.07, 6.45) is 2.69. The third-order valence-electron chi connectivity index (χ3n) is 2.37. The maximum absolute atomic E-state index is 10.9. The van der Waals surface area contributed by atoms with Crippen LogP contribution in [0.5, 0.6) is 0 Å². The molecule has 1 rings (SSSR count). The van der Waals surface area contributed by atoms with E-state index in [0.717, 1.165) is 19.4 Å². The van der Waals surface area contributed by atoms with Gasteiger partial charge in [0.25, 0.3) is 0 Å². The molecule has 0 aliphatic carbocycles. The number of hydrogen-bond acceptors (Lipinski definition) is 2. The zero-order valence-electron chi connectivity index (χ0n) is 7.75. The second-order valence-corrected chi connectivity index (χ2v) is 4.08. The van der Waals surface area contributed by atoms with E-state index in [-0.39, 0.29) is 0 Å². The van der Waals surface area contributed by atoms with Gasteiger partial charge in [-0.15, -0.1) is 0 Å². The molecule has 3 nitrogen and oxygen atoms in total. The first kappa shape index (κ1) is 11.8. The van der Waals surface area contributed by atoms with E-state index in [9.17, 15) is 4.79 Å². The normalized spacial score (nSPS) is 25.0. The number of aliphatic carboxylic acids is 1. The lowest BCUT2D eigenvalue weighted by atomic mass is 10.0. The maximum Gasteiger partial charge on any atom is 0.320 e. The van der Waals surface area contributed by atoms with Crippen molar-refractivity contribution in [1.82, 2.24) is 4.90 Å². The van der Waals surface area contributed by atoms with Crippen LogP contribution in [0.1, 0.15) is 19.3 Å². The van der Waals surface area contributed by atoms with E-state index < -0.39 is 12.0 Å². The molecule has 0 aromatic heterocycles. The number of carboxylic acid groups (broad SMARTS) is 1. The first-order valence-electron chi connectivity index (χ1n) is 4.56. The highest BCUT2D eigenvalue weighted by molar-refractivity contribution is 6.36. The summed E-state index contributed by atoms with van der Waals surface area (Å²) in [4.78, 5) is 12.8. The number of carbonyl (C=O) groups is 1. The van der Waals surface area contributed by atoms with Gasteiger partial charge in [-0.1, -0.05) is 29.6 Å². The zero-order valence-corrected chi connectivity index (χ0v) is 9.26. The van der Waals surface area contributed by atoms with Gasteiger partial charge >= 0.3 is 5.97 Å². The Kier molecular flexibility index (Phi) is 4.72. The highest BCUT2D eigenvalue weighted by Gasteiger charge is 2.28. The summed E-state index contributed by atoms with van der Waals surface area (Å²) in [7, 11) is 0. The molecule has 0 spiro atoms. The fraction of sp³-hybridized carbons (Fsp3) is 0.667. The molecule has 1 aliphatic rings. The minimum Gasteiger partial charge on any atom is -0.480 e. The molecule has 0 saturated carbocycles. The third kappa shape index (κ3) is 3.15. The van der Waals surface area contributed by atoms with Crippen molar-refractivity contribution < 1.29 is 9.90 Å². The van der Waals surface area contributed by atoms with Crippen molar-refractivity contribution in [3.05, 3.63) is 10.6 Å². The van der Waals surface area contributed by atoms with Gasteiger partial charge in [0.05, 0.1) is 0 Å². The topological polar surface area (TPSA) is 40.5 Å². The van der Waals surface area contributed by atoms with Crippen LogP contribution >= 0.6 is 23.2 Å². The van der Waals surface area contributed by atoms with E-state index in [4.69, 9.17) is 28.3 Å². The molecule has 0 aromatic carbocycles. The Morgan fingerprint density at radius 2 is 2.29 bits per heavy atom. The Hall–Kier alpha value is -0.250. The van der Waals surface area contributed by atoms with Crippen molar-refractivity contribution in [3.63, 3.8) is 0 Å². The molecule has 14 heavy (non-hydrogen) atoms. The van der Waals surface area contributed by atoms with Crippen LogP contribution in [-0.4, -0.2) is 35.1 Å². The van der Waals surface area contributed by atoms with Crippen molar-refractivity contribution >= 4 is 29.2 Å². The Bertz CT molecular complexity index is 243. The second kappa shape index (κ2) is 5.59. The molecule has 1 heterocycles. The van der Waals surface area contributed by atoms with Gasteiger partial charge in [0.1, 0.15) is 6.04 Å². The standard InChI is InChI=1S/C9H13Cl2NO2/c10-5-7(11)6-12-4-2-1-3-8(12)9(13)14/h5,8H,1-4,6H2,(H,13,14). The molecule has 0 aromatic rings. The molecule has 0 amide bonds. The molecular formula is C9H13Cl2NO2. The van der Waals surface area contributed by atoms with Crippen LogP contribution in [0.4, 0.5) is 0 Å². The van der Waals surface area contributed by atoms with Gasteiger partial charge in [0, 0.05) is 17.1 Å². The van der Waals surface area contributed by atoms with E-state index >= 15 is 0 Å². The molecule has 1 unspecified atom stereocenters. The van der Waals surface area contributed by atoms with E-state index in [1.807, 2.05) is 4.90 Å². The summed E-state index contributed by atoms with van der Waals surface area (Å²) in [6, 6.07) is -0.408. The average Bonchev–Trinajstić information content (AvgIpc) is 2.18. The third-order valence-corrected chi connectivity index (χ3v) is 2.97. The molecule has 1 atom stereocenters. The molecule has 0 bridgehead atoms. The zero-order chi connectivity index (χ0) is 10.6. The lowest BCUT2D eigenvalue weighted by Crippen LogP contribution is -2.45. The van der Waals surface area contributed by atoms with Crippen molar-refractivity contribution in [3.8, 4) is 0 Å². The SMILES string of the molecule is O=C(O)C1CCCCN1CC(Cl)=CCl. The number of rotatable bonds is 3. The lowest BCUT2D eigenvalue weighted by Gasteiger charge is -2.32. The quantitative estimate of drug-likeness (QED) is 0.819. The van der Waals surface area contributed by atoms with Gasteiger partial charge in [0.15, 0.2) is 0 Å². The number of hydrogen-bond donors (Lipinski definition) is 1. The van der Waals surface area contributed by atoms with Crippen LogP contribution in [0.3, 0.4) is 0 Å². The molecule has 80 valence electrons. The Balaban J connectivity index is 2.58. The summed E-state index contributed by atoms with van der Waals surface area (Å²) in [6.45, 7) is 1.21. The van der Waals surface area contributed by atoms with Gasteiger partial charge in [-0.25, -0.2) is 0 Å². The Labute approximate surface area is 93.3 Å². The summed E-state index contributed by atoms with van der Waals surface area (Å²) >= 11 is 11.2. The molecule has 1 saturated heterocycles. The fourth-order valence-electron chi connectivity index (χ4n) is 1.69. The first-order chi connectivity index (χ1) is 6.65. The average molecular weight is 238 g/mol. The van der Waals surface area contributed by atoms with Crippen LogP contribution in [0.25, 0.3) is 0 Å². The summed E-state index contributed by atoms with van der Waals surface area (Å²) in [5.41, 5.74) is 1.29. The molecule has 0 radical (unpaired) electrons. The van der Waals surface area contributed by atoms with Gasteiger partial charge in [0.2, 0.25) is 0 Å². The minimum absolute atomic E-state index is 0.408. The molecule has 1 fully saturated rings. The van der Waals surface area contributed by atoms with Crippen LogP contribution in [0, 0.1) is 0 Å². The fourth-order valence-corrected chi connectivity index (χ4v) is 1.91. The number of halogens is 2. The Morgan fingerprint density at radius 1 is 1.57 bits per heavy atom. The van der Waals surface area contributed by atoms with Crippen molar-refractivity contribution in [1.29, 1.82) is 0 Å². The van der Waals surface area contributed by atoms with Gasteiger partial charge < -0.3 is 5.11 Å². The van der Waals surface area contributed by atoms with Crippen LogP contribution in [-0.2, 0) is 4.79 Å². The summed E-state index contributed by atoms with van der Waals surface area (Å²) < 4.78 is 0. The molecular weight excluding hydrogens is 225 g/mol. The van der Waals surface area contributed by atoms with Gasteiger partial charge in [-0.3, -0.25) is 9.69 Å². The number of nitrogens with zero attached hydrogens (tertiary/aromatic N) is 1. The van der Waals surface area contributed by atoms with Crippen LogP contribution < -0.4 is 0 Å². The molecule has 5 heteroatoms. The molecule has 1 aliphatic heterocycles. The highest BCUT2D eigenvalue weighted by Crippen LogP contribution is 2.19. The highest BCUT2D eigenvalue weighted by atomic mass is 35.5. The minimum atomic E-state index is -0.774. The van der Waals surface area contributed by atoms with E-state index in [1.165, 1.54) is 5.54 Å². The van der Waals surface area contributed by atoms with Crippen molar-refractivity contribution in [2.75, 3.05) is 13.1 Å². The summed E-state index contributed by atoms with van der Waals surface area (Å²) in [5, 5.41) is 9.44.